The zero-order valence-electron chi connectivity index (χ0n) is 14.9. The van der Waals surface area contributed by atoms with Crippen molar-refractivity contribution < 1.29 is 9.26 Å². The Kier molecular flexibility index (Phi) is 4.12. The maximum Gasteiger partial charge on any atom is 0.262 e. The van der Waals surface area contributed by atoms with Gasteiger partial charge in [-0.3, -0.25) is 0 Å². The first-order valence-corrected chi connectivity index (χ1v) is 8.81. The molecule has 0 saturated heterocycles. The Bertz CT molecular complexity index is 949. The maximum absolute atomic E-state index is 6.18. The van der Waals surface area contributed by atoms with Gasteiger partial charge in [0, 0.05) is 17.3 Å². The molecule has 1 atom stereocenters. The van der Waals surface area contributed by atoms with E-state index in [0.29, 0.717) is 28.7 Å². The molecule has 0 radical (unpaired) electrons. The number of hydrogen-bond donors (Lipinski definition) is 2. The number of fused-ring (bicyclic) bond motifs is 1. The smallest absolute Gasteiger partial charge is 0.262 e. The monoisotopic (exact) mass is 350 g/mol. The van der Waals surface area contributed by atoms with Gasteiger partial charge in [0.2, 0.25) is 5.82 Å². The molecule has 6 heteroatoms. The molecule has 4 rings (SSSR count). The lowest BCUT2D eigenvalue weighted by Gasteiger charge is -2.12. The molecule has 6 nitrogen and oxygen atoms in total. The summed E-state index contributed by atoms with van der Waals surface area (Å²) in [6.45, 7) is 3.94. The molecule has 0 fully saturated rings. The number of aromatic nitrogens is 2. The molecule has 0 bridgehead atoms. The number of anilines is 1. The molecule has 0 unspecified atom stereocenters. The van der Waals surface area contributed by atoms with Crippen molar-refractivity contribution in [2.45, 2.75) is 38.8 Å². The van der Waals surface area contributed by atoms with Crippen LogP contribution >= 0.6 is 0 Å². The van der Waals surface area contributed by atoms with E-state index in [9.17, 15) is 0 Å². The van der Waals surface area contributed by atoms with Crippen LogP contribution in [0, 0.1) is 0 Å². The van der Waals surface area contributed by atoms with E-state index in [2.05, 4.69) is 16.2 Å². The van der Waals surface area contributed by atoms with Gasteiger partial charge in [-0.05, 0) is 56.0 Å². The van der Waals surface area contributed by atoms with Crippen molar-refractivity contribution in [1.82, 2.24) is 10.1 Å². The number of nitrogen functional groups attached to an aromatic ring is 1. The fourth-order valence-corrected chi connectivity index (χ4v) is 3.41. The average Bonchev–Trinajstić information content (AvgIpc) is 3.24. The molecule has 1 heterocycles. The molecule has 0 aliphatic heterocycles. The summed E-state index contributed by atoms with van der Waals surface area (Å²) in [7, 11) is 0. The Morgan fingerprint density at radius 3 is 2.85 bits per heavy atom. The predicted octanol–water partition coefficient (Wildman–Crippen LogP) is 3.72. The number of nitrogens with two attached hydrogens (primary N) is 2. The summed E-state index contributed by atoms with van der Waals surface area (Å²) in [6.07, 6.45) is 1.90. The topological polar surface area (TPSA) is 100 Å². The van der Waals surface area contributed by atoms with Crippen LogP contribution in [0.2, 0.25) is 0 Å². The molecule has 2 aromatic carbocycles. The van der Waals surface area contributed by atoms with Gasteiger partial charge in [0.25, 0.3) is 5.89 Å². The summed E-state index contributed by atoms with van der Waals surface area (Å²) >= 11 is 0. The van der Waals surface area contributed by atoms with Gasteiger partial charge in [0.05, 0.1) is 11.7 Å². The van der Waals surface area contributed by atoms with Crippen molar-refractivity contribution in [2.24, 2.45) is 5.73 Å². The molecule has 1 aliphatic carbocycles. The van der Waals surface area contributed by atoms with E-state index in [4.69, 9.17) is 20.7 Å². The SMILES string of the molecule is CC(C)Oc1ccc(N)cc1-c1nc(-c2cccc3c2CC[C@@H]3N)no1. The third kappa shape index (κ3) is 2.93. The molecule has 4 N–H and O–H groups in total. The molecule has 1 aliphatic rings. The van der Waals surface area contributed by atoms with Gasteiger partial charge < -0.3 is 20.7 Å². The largest absolute Gasteiger partial charge is 0.490 e. The Morgan fingerprint density at radius 1 is 1.19 bits per heavy atom. The summed E-state index contributed by atoms with van der Waals surface area (Å²) < 4.78 is 11.4. The van der Waals surface area contributed by atoms with Crippen molar-refractivity contribution in [3.63, 3.8) is 0 Å². The standard InChI is InChI=1S/C20H22N4O2/c1-11(2)25-18-9-6-12(21)10-16(18)20-23-19(24-26-20)15-5-3-4-14-13(15)7-8-17(14)22/h3-6,9-11,17H,7-8,21-22H2,1-2H3/t17-/m0/s1. The van der Waals surface area contributed by atoms with Crippen LogP contribution in [-0.2, 0) is 6.42 Å². The van der Waals surface area contributed by atoms with Crippen molar-refractivity contribution >= 4 is 5.69 Å². The molecular weight excluding hydrogens is 328 g/mol. The second-order valence-corrected chi connectivity index (χ2v) is 6.86. The van der Waals surface area contributed by atoms with Gasteiger partial charge >= 0.3 is 0 Å². The zero-order valence-corrected chi connectivity index (χ0v) is 14.9. The van der Waals surface area contributed by atoms with Gasteiger partial charge in [-0.15, -0.1) is 0 Å². The van der Waals surface area contributed by atoms with E-state index in [1.165, 1.54) is 11.1 Å². The van der Waals surface area contributed by atoms with Gasteiger partial charge in [-0.25, -0.2) is 0 Å². The molecule has 26 heavy (non-hydrogen) atoms. The highest BCUT2D eigenvalue weighted by Crippen LogP contribution is 2.37. The first kappa shape index (κ1) is 16.6. The highest BCUT2D eigenvalue weighted by atomic mass is 16.5. The number of ether oxygens (including phenoxy) is 1. The van der Waals surface area contributed by atoms with Crippen molar-refractivity contribution in [1.29, 1.82) is 0 Å². The zero-order chi connectivity index (χ0) is 18.3. The minimum Gasteiger partial charge on any atom is -0.490 e. The molecule has 0 amide bonds. The van der Waals surface area contributed by atoms with Crippen molar-refractivity contribution in [3.05, 3.63) is 47.5 Å². The van der Waals surface area contributed by atoms with Crippen LogP contribution in [0.5, 0.6) is 5.75 Å². The second kappa shape index (κ2) is 6.46. The molecule has 0 saturated carbocycles. The quantitative estimate of drug-likeness (QED) is 0.696. The number of nitrogens with zero attached hydrogens (tertiary/aromatic N) is 2. The third-order valence-corrected chi connectivity index (χ3v) is 4.58. The lowest BCUT2D eigenvalue weighted by atomic mass is 10.0. The predicted molar refractivity (Wildman–Crippen MR) is 101 cm³/mol. The Morgan fingerprint density at radius 2 is 2.04 bits per heavy atom. The van der Waals surface area contributed by atoms with Crippen molar-refractivity contribution in [2.75, 3.05) is 5.73 Å². The van der Waals surface area contributed by atoms with Gasteiger partial charge in [-0.2, -0.15) is 4.98 Å². The normalized spacial score (nSPS) is 16.1. The molecular formula is C20H22N4O2. The van der Waals surface area contributed by atoms with Crippen LogP contribution < -0.4 is 16.2 Å². The number of hydrogen-bond acceptors (Lipinski definition) is 6. The summed E-state index contributed by atoms with van der Waals surface area (Å²) in [5.74, 6) is 1.62. The lowest BCUT2D eigenvalue weighted by Crippen LogP contribution is -2.06. The number of rotatable bonds is 4. The first-order valence-electron chi connectivity index (χ1n) is 8.81. The van der Waals surface area contributed by atoms with Crippen LogP contribution in [0.15, 0.2) is 40.9 Å². The summed E-state index contributed by atoms with van der Waals surface area (Å²) in [5, 5.41) is 4.19. The van der Waals surface area contributed by atoms with Crippen LogP contribution in [0.1, 0.15) is 37.4 Å². The number of benzene rings is 2. The first-order chi connectivity index (χ1) is 12.5. The molecule has 134 valence electrons. The fraction of sp³-hybridized carbons (Fsp3) is 0.300. The van der Waals surface area contributed by atoms with E-state index < -0.39 is 0 Å². The fourth-order valence-electron chi connectivity index (χ4n) is 3.41. The van der Waals surface area contributed by atoms with E-state index >= 15 is 0 Å². The maximum atomic E-state index is 6.18. The third-order valence-electron chi connectivity index (χ3n) is 4.58. The van der Waals surface area contributed by atoms with Crippen molar-refractivity contribution in [3.8, 4) is 28.6 Å². The lowest BCUT2D eigenvalue weighted by molar-refractivity contribution is 0.242. The minimum absolute atomic E-state index is 0.0265. The van der Waals surface area contributed by atoms with Crippen LogP contribution in [0.4, 0.5) is 5.69 Å². The molecule has 0 spiro atoms. The Labute approximate surface area is 152 Å². The van der Waals surface area contributed by atoms with Gasteiger partial charge in [0.1, 0.15) is 5.75 Å². The van der Waals surface area contributed by atoms with E-state index in [0.717, 1.165) is 18.4 Å². The van der Waals surface area contributed by atoms with E-state index in [-0.39, 0.29) is 12.1 Å². The second-order valence-electron chi connectivity index (χ2n) is 6.86. The highest BCUT2D eigenvalue weighted by molar-refractivity contribution is 5.70. The van der Waals surface area contributed by atoms with Gasteiger partial charge in [-0.1, -0.05) is 23.4 Å². The van der Waals surface area contributed by atoms with Crippen LogP contribution in [-0.4, -0.2) is 16.2 Å². The summed E-state index contributed by atoms with van der Waals surface area (Å²) in [4.78, 5) is 4.61. The Balaban J connectivity index is 1.76. The van der Waals surface area contributed by atoms with Crippen LogP contribution in [0.25, 0.3) is 22.8 Å². The highest BCUT2D eigenvalue weighted by Gasteiger charge is 2.24. The van der Waals surface area contributed by atoms with E-state index in [1.807, 2.05) is 32.0 Å². The minimum atomic E-state index is 0.0265. The molecule has 1 aromatic heterocycles. The summed E-state index contributed by atoms with van der Waals surface area (Å²) in [6, 6.07) is 11.6. The van der Waals surface area contributed by atoms with Gasteiger partial charge in [0.15, 0.2) is 0 Å². The summed E-state index contributed by atoms with van der Waals surface area (Å²) in [5.41, 5.74) is 16.8. The van der Waals surface area contributed by atoms with E-state index in [1.54, 1.807) is 12.1 Å². The molecule has 3 aromatic rings. The average molecular weight is 350 g/mol. The van der Waals surface area contributed by atoms with Crippen LogP contribution in [0.3, 0.4) is 0 Å². The Hall–Kier alpha value is -2.86.